The molecule has 0 radical (unpaired) electrons. The molecule has 0 aliphatic carbocycles. The van der Waals surface area contributed by atoms with Crippen molar-refractivity contribution in [2.75, 3.05) is 10.6 Å². The molecule has 0 fully saturated rings. The summed E-state index contributed by atoms with van der Waals surface area (Å²) in [6.45, 7) is 0. The number of hydrogen-bond donors (Lipinski definition) is 2. The number of amides is 1. The first kappa shape index (κ1) is 22.7. The first-order chi connectivity index (χ1) is 15.1. The van der Waals surface area contributed by atoms with Crippen LogP contribution in [-0.4, -0.2) is 38.6 Å². The van der Waals surface area contributed by atoms with E-state index in [4.69, 9.17) is 0 Å². The number of anilines is 3. The number of halogens is 6. The molecule has 1 aromatic carbocycles. The number of nitrogens with one attached hydrogen (secondary N) is 2. The van der Waals surface area contributed by atoms with Gasteiger partial charge in [-0.1, -0.05) is 0 Å². The fourth-order valence-electron chi connectivity index (χ4n) is 2.26. The Bertz CT molecular complexity index is 1080. The maximum Gasteiger partial charge on any atom is 0.416 e. The molecule has 0 bridgehead atoms. The fraction of sp³-hybridized carbons (Fsp3) is 0.167. The summed E-state index contributed by atoms with van der Waals surface area (Å²) in [7, 11) is 0. The van der Waals surface area contributed by atoms with Crippen molar-refractivity contribution in [2.45, 2.75) is 19.0 Å². The molecule has 14 heteroatoms. The quantitative estimate of drug-likeness (QED) is 0.511. The molecule has 32 heavy (non-hydrogen) atoms. The third-order valence-electron chi connectivity index (χ3n) is 3.70. The van der Waals surface area contributed by atoms with E-state index in [0.29, 0.717) is 0 Å². The van der Waals surface area contributed by atoms with E-state index in [2.05, 4.69) is 35.3 Å². The van der Waals surface area contributed by atoms with Crippen molar-refractivity contribution >= 4 is 23.2 Å². The van der Waals surface area contributed by atoms with Crippen molar-refractivity contribution in [3.8, 4) is 5.88 Å². The molecular weight excluding hydrogens is 446 g/mol. The lowest BCUT2D eigenvalue weighted by molar-refractivity contribution is -0.137. The average molecular weight is 458 g/mol. The molecule has 0 saturated carbocycles. The first-order valence-corrected chi connectivity index (χ1v) is 8.61. The number of benzene rings is 1. The number of aromatic nitrogens is 4. The lowest BCUT2D eigenvalue weighted by atomic mass is 10.2. The summed E-state index contributed by atoms with van der Waals surface area (Å²) < 4.78 is 80.2. The summed E-state index contributed by atoms with van der Waals surface area (Å²) in [5.74, 6) is -1.60. The van der Waals surface area contributed by atoms with Crippen LogP contribution in [0.25, 0.3) is 0 Å². The minimum Gasteiger partial charge on any atom is -0.435 e. The van der Waals surface area contributed by atoms with Crippen LogP contribution in [0.2, 0.25) is 0 Å². The zero-order valence-corrected chi connectivity index (χ0v) is 15.6. The molecule has 3 rings (SSSR count). The van der Waals surface area contributed by atoms with Crippen molar-refractivity contribution < 1.29 is 35.9 Å². The molecule has 1 atom stereocenters. The van der Waals surface area contributed by atoms with E-state index in [9.17, 15) is 31.1 Å². The maximum atomic E-state index is 13.2. The molecule has 0 saturated heterocycles. The van der Waals surface area contributed by atoms with Crippen LogP contribution in [0.1, 0.15) is 16.1 Å². The SMILES string of the molecule is O=C(Nc1cncnc1OC(F)C(F)F)c1ccnc(Nc2ccc(C(F)(F)F)cc2)n1. The van der Waals surface area contributed by atoms with Gasteiger partial charge in [0.1, 0.15) is 17.7 Å². The van der Waals surface area contributed by atoms with E-state index >= 15 is 0 Å². The first-order valence-electron chi connectivity index (χ1n) is 8.61. The van der Waals surface area contributed by atoms with Gasteiger partial charge in [-0.2, -0.15) is 22.5 Å². The molecule has 0 spiro atoms. The monoisotopic (exact) mass is 458 g/mol. The van der Waals surface area contributed by atoms with E-state index in [0.717, 1.165) is 36.8 Å². The van der Waals surface area contributed by atoms with Gasteiger partial charge >= 0.3 is 12.6 Å². The second-order valence-corrected chi connectivity index (χ2v) is 5.96. The number of alkyl halides is 6. The lowest BCUT2D eigenvalue weighted by Gasteiger charge is -2.13. The highest BCUT2D eigenvalue weighted by Gasteiger charge is 2.30. The Balaban J connectivity index is 1.72. The molecule has 3 aromatic rings. The molecule has 168 valence electrons. The second kappa shape index (κ2) is 9.45. The molecule has 0 aliphatic heterocycles. The Morgan fingerprint density at radius 2 is 1.75 bits per heavy atom. The van der Waals surface area contributed by atoms with Gasteiger partial charge in [-0.15, -0.1) is 0 Å². The van der Waals surface area contributed by atoms with Gasteiger partial charge in [0.15, 0.2) is 0 Å². The Hall–Kier alpha value is -3.97. The number of carbonyl (C=O) groups excluding carboxylic acids is 1. The predicted molar refractivity (Wildman–Crippen MR) is 98.3 cm³/mol. The standard InChI is InChI=1S/C18H12F6N6O2/c19-13(20)14(21)32-16-12(7-25-8-27-16)29-15(31)11-5-6-26-17(30-11)28-10-3-1-9(2-4-10)18(22,23)24/h1-8,13-14H,(H,29,31)(H,26,28,30). The summed E-state index contributed by atoms with van der Waals surface area (Å²) in [6, 6.07) is 5.22. The third kappa shape index (κ3) is 5.80. The van der Waals surface area contributed by atoms with Crippen LogP contribution in [0.3, 0.4) is 0 Å². The lowest BCUT2D eigenvalue weighted by Crippen LogP contribution is -2.22. The molecule has 2 aromatic heterocycles. The summed E-state index contributed by atoms with van der Waals surface area (Å²) >= 11 is 0. The summed E-state index contributed by atoms with van der Waals surface area (Å²) in [6.07, 6.45) is -7.80. The van der Waals surface area contributed by atoms with Crippen molar-refractivity contribution in [1.82, 2.24) is 19.9 Å². The fourth-order valence-corrected chi connectivity index (χ4v) is 2.26. The van der Waals surface area contributed by atoms with Gasteiger partial charge in [0.05, 0.1) is 11.8 Å². The molecule has 1 amide bonds. The highest BCUT2D eigenvalue weighted by Crippen LogP contribution is 2.30. The van der Waals surface area contributed by atoms with Crippen LogP contribution < -0.4 is 15.4 Å². The molecule has 8 nitrogen and oxygen atoms in total. The van der Waals surface area contributed by atoms with Gasteiger partial charge in [-0.25, -0.2) is 23.7 Å². The molecule has 2 N–H and O–H groups in total. The second-order valence-electron chi connectivity index (χ2n) is 5.96. The van der Waals surface area contributed by atoms with Gasteiger partial charge in [0, 0.05) is 11.9 Å². The van der Waals surface area contributed by atoms with E-state index in [1.165, 1.54) is 12.3 Å². The Labute approximate surface area is 175 Å². The van der Waals surface area contributed by atoms with Crippen LogP contribution in [0, 0.1) is 0 Å². The van der Waals surface area contributed by atoms with Crippen molar-refractivity contribution in [2.24, 2.45) is 0 Å². The zero-order valence-electron chi connectivity index (χ0n) is 15.6. The highest BCUT2D eigenvalue weighted by molar-refractivity contribution is 6.03. The van der Waals surface area contributed by atoms with Gasteiger partial charge in [0.2, 0.25) is 11.8 Å². The predicted octanol–water partition coefficient (Wildman–Crippen LogP) is 4.22. The number of nitrogens with zero attached hydrogens (tertiary/aromatic N) is 4. The van der Waals surface area contributed by atoms with Crippen molar-refractivity contribution in [3.05, 3.63) is 60.3 Å². The normalized spacial score (nSPS) is 12.3. The van der Waals surface area contributed by atoms with Crippen LogP contribution >= 0.6 is 0 Å². The summed E-state index contributed by atoms with van der Waals surface area (Å²) in [5, 5.41) is 4.88. The molecule has 1 unspecified atom stereocenters. The van der Waals surface area contributed by atoms with Crippen LogP contribution in [0.4, 0.5) is 43.7 Å². The highest BCUT2D eigenvalue weighted by atomic mass is 19.4. The topological polar surface area (TPSA) is 102 Å². The number of hydrogen-bond acceptors (Lipinski definition) is 7. The minimum absolute atomic E-state index is 0.111. The Morgan fingerprint density at radius 3 is 2.41 bits per heavy atom. The molecule has 0 aliphatic rings. The van der Waals surface area contributed by atoms with Crippen molar-refractivity contribution in [3.63, 3.8) is 0 Å². The van der Waals surface area contributed by atoms with Crippen LogP contribution in [0.5, 0.6) is 5.88 Å². The number of carbonyl (C=O) groups is 1. The smallest absolute Gasteiger partial charge is 0.416 e. The number of ether oxygens (including phenoxy) is 1. The minimum atomic E-state index is -4.49. The van der Waals surface area contributed by atoms with Crippen LogP contribution in [-0.2, 0) is 6.18 Å². The Kier molecular flexibility index (Phi) is 6.70. The zero-order chi connectivity index (χ0) is 23.3. The largest absolute Gasteiger partial charge is 0.435 e. The summed E-state index contributed by atoms with van der Waals surface area (Å²) in [4.78, 5) is 27.3. The Morgan fingerprint density at radius 1 is 1.03 bits per heavy atom. The van der Waals surface area contributed by atoms with Crippen molar-refractivity contribution in [1.29, 1.82) is 0 Å². The third-order valence-corrected chi connectivity index (χ3v) is 3.70. The van der Waals surface area contributed by atoms with E-state index in [-0.39, 0.29) is 23.0 Å². The van der Waals surface area contributed by atoms with Gasteiger partial charge in [-0.05, 0) is 30.3 Å². The van der Waals surface area contributed by atoms with E-state index in [1.807, 2.05) is 0 Å². The number of rotatable bonds is 7. The van der Waals surface area contributed by atoms with Gasteiger partial charge in [0.25, 0.3) is 12.3 Å². The van der Waals surface area contributed by atoms with E-state index < -0.39 is 36.3 Å². The summed E-state index contributed by atoms with van der Waals surface area (Å²) in [5.41, 5.74) is -1.13. The molecule has 2 heterocycles. The van der Waals surface area contributed by atoms with Crippen LogP contribution in [0.15, 0.2) is 49.1 Å². The van der Waals surface area contributed by atoms with Gasteiger partial charge in [-0.3, -0.25) is 4.79 Å². The van der Waals surface area contributed by atoms with E-state index in [1.54, 1.807) is 0 Å². The molecular formula is C18H12F6N6O2. The van der Waals surface area contributed by atoms with Gasteiger partial charge < -0.3 is 15.4 Å². The maximum absolute atomic E-state index is 13.2. The average Bonchev–Trinajstić information content (AvgIpc) is 2.75.